The Labute approximate surface area is 173 Å². The Morgan fingerprint density at radius 3 is 2.24 bits per heavy atom. The van der Waals surface area contributed by atoms with Gasteiger partial charge in [-0.2, -0.15) is 0 Å². The number of piperazine rings is 1. The van der Waals surface area contributed by atoms with E-state index in [4.69, 9.17) is 9.72 Å². The number of rotatable bonds is 2. The Balaban J connectivity index is 1.94. The van der Waals surface area contributed by atoms with E-state index < -0.39 is 16.8 Å². The van der Waals surface area contributed by atoms with E-state index in [1.54, 1.807) is 32.6 Å². The molecule has 2 aliphatic rings. The van der Waals surface area contributed by atoms with Gasteiger partial charge in [0.1, 0.15) is 17.0 Å². The highest BCUT2D eigenvalue weighted by Gasteiger charge is 2.43. The summed E-state index contributed by atoms with van der Waals surface area (Å²) in [6, 6.07) is 2.14. The van der Waals surface area contributed by atoms with Gasteiger partial charge in [-0.25, -0.2) is 9.78 Å². The van der Waals surface area contributed by atoms with Crippen molar-refractivity contribution in [2.75, 3.05) is 18.0 Å². The summed E-state index contributed by atoms with van der Waals surface area (Å²) in [6.45, 7) is 15.6. The smallest absolute Gasteiger partial charge is 0.410 e. The number of aromatic nitrogens is 1. The zero-order valence-electron chi connectivity index (χ0n) is 18.9. The molecule has 7 nitrogen and oxygen atoms in total. The van der Waals surface area contributed by atoms with Crippen molar-refractivity contribution in [2.24, 2.45) is 0 Å². The van der Waals surface area contributed by atoms with E-state index in [0.29, 0.717) is 24.3 Å². The van der Waals surface area contributed by atoms with Crippen LogP contribution < -0.4 is 4.90 Å². The van der Waals surface area contributed by atoms with Crippen molar-refractivity contribution in [2.45, 2.75) is 90.7 Å². The molecule has 7 heteroatoms. The standard InChI is InChI=1S/C22H35N3O4/c1-13-11-24(19(26)29-20(2,3)4)12-15-9-14-10-16(21(5,6)27)17(22(7,8)28)23-18(14)25(13)15/h10,13,15,27-28H,9,11-12H2,1-8H3/t13-,15-/m1/s1. The predicted molar refractivity (Wildman–Crippen MR) is 112 cm³/mol. The second kappa shape index (κ2) is 6.84. The van der Waals surface area contributed by atoms with Crippen LogP contribution in [0, 0.1) is 0 Å². The molecule has 0 radical (unpaired) electrons. The van der Waals surface area contributed by atoms with E-state index >= 15 is 0 Å². The number of nitrogens with zero attached hydrogens (tertiary/aromatic N) is 3. The number of hydrogen-bond acceptors (Lipinski definition) is 6. The Morgan fingerprint density at radius 2 is 1.72 bits per heavy atom. The third-order valence-corrected chi connectivity index (χ3v) is 5.45. The Hall–Kier alpha value is -1.86. The summed E-state index contributed by atoms with van der Waals surface area (Å²) in [5.41, 5.74) is -0.649. The fourth-order valence-electron chi connectivity index (χ4n) is 4.31. The molecule has 1 fully saturated rings. The summed E-state index contributed by atoms with van der Waals surface area (Å²) in [6.07, 6.45) is 0.448. The van der Waals surface area contributed by atoms with Gasteiger partial charge in [-0.1, -0.05) is 0 Å². The molecule has 0 aliphatic carbocycles. The normalized spacial score (nSPS) is 22.4. The molecule has 2 atom stereocenters. The van der Waals surface area contributed by atoms with Crippen molar-refractivity contribution < 1.29 is 19.7 Å². The van der Waals surface area contributed by atoms with E-state index in [1.165, 1.54) is 0 Å². The Morgan fingerprint density at radius 1 is 1.10 bits per heavy atom. The number of hydrogen-bond donors (Lipinski definition) is 2. The van der Waals surface area contributed by atoms with Crippen LogP contribution in [0.1, 0.15) is 72.2 Å². The van der Waals surface area contributed by atoms with E-state index in [9.17, 15) is 15.0 Å². The number of aliphatic hydroxyl groups is 2. The van der Waals surface area contributed by atoms with Crippen LogP contribution in [0.3, 0.4) is 0 Å². The third kappa shape index (κ3) is 4.36. The molecular formula is C22H35N3O4. The first-order valence-corrected chi connectivity index (χ1v) is 10.3. The summed E-state index contributed by atoms with van der Waals surface area (Å²) < 4.78 is 5.57. The highest BCUT2D eigenvalue weighted by molar-refractivity contribution is 5.70. The molecule has 2 N–H and O–H groups in total. The number of pyridine rings is 1. The van der Waals surface area contributed by atoms with Crippen molar-refractivity contribution in [3.05, 3.63) is 22.9 Å². The molecule has 0 saturated carbocycles. The maximum atomic E-state index is 12.6. The summed E-state index contributed by atoms with van der Waals surface area (Å²) in [5.74, 6) is 0.844. The summed E-state index contributed by atoms with van der Waals surface area (Å²) >= 11 is 0. The molecule has 29 heavy (non-hydrogen) atoms. The molecule has 1 aromatic heterocycles. The fourth-order valence-corrected chi connectivity index (χ4v) is 4.31. The number of ether oxygens (including phenoxy) is 1. The van der Waals surface area contributed by atoms with Crippen LogP contribution in [-0.2, 0) is 22.4 Å². The lowest BCUT2D eigenvalue weighted by Crippen LogP contribution is -2.58. The minimum absolute atomic E-state index is 0.0673. The molecule has 0 spiro atoms. The Kier molecular flexibility index (Phi) is 5.15. The van der Waals surface area contributed by atoms with Crippen molar-refractivity contribution in [1.29, 1.82) is 0 Å². The number of anilines is 1. The molecule has 1 amide bonds. The lowest BCUT2D eigenvalue weighted by Gasteiger charge is -2.43. The third-order valence-electron chi connectivity index (χ3n) is 5.45. The van der Waals surface area contributed by atoms with Gasteiger partial charge in [-0.15, -0.1) is 0 Å². The number of carbonyl (C=O) groups excluding carboxylic acids is 1. The van der Waals surface area contributed by atoms with Gasteiger partial charge in [0.25, 0.3) is 0 Å². The summed E-state index contributed by atoms with van der Waals surface area (Å²) in [5, 5.41) is 21.4. The molecule has 3 rings (SSSR count). The first kappa shape index (κ1) is 21.8. The molecule has 162 valence electrons. The SMILES string of the molecule is C[C@@H]1CN(C(=O)OC(C)(C)C)C[C@H]2Cc3cc(C(C)(C)O)c(C(C)(C)O)nc3N21. The quantitative estimate of drug-likeness (QED) is 0.787. The maximum absolute atomic E-state index is 12.6. The van der Waals surface area contributed by atoms with Crippen molar-refractivity contribution in [3.63, 3.8) is 0 Å². The summed E-state index contributed by atoms with van der Waals surface area (Å²) in [7, 11) is 0. The van der Waals surface area contributed by atoms with Crippen LogP contribution in [0.2, 0.25) is 0 Å². The van der Waals surface area contributed by atoms with Crippen molar-refractivity contribution >= 4 is 11.9 Å². The zero-order valence-corrected chi connectivity index (χ0v) is 18.9. The maximum Gasteiger partial charge on any atom is 0.410 e. The molecule has 0 unspecified atom stereocenters. The molecule has 0 bridgehead atoms. The lowest BCUT2D eigenvalue weighted by molar-refractivity contribution is 0.0191. The number of fused-ring (bicyclic) bond motifs is 3. The van der Waals surface area contributed by atoms with Crippen LogP contribution in [0.5, 0.6) is 0 Å². The second-order valence-electron chi connectivity index (χ2n) is 10.5. The first-order chi connectivity index (χ1) is 13.1. The van der Waals surface area contributed by atoms with Gasteiger partial charge in [0.2, 0.25) is 0 Å². The molecule has 1 aromatic rings. The molecular weight excluding hydrogens is 370 g/mol. The molecule has 1 saturated heterocycles. The lowest BCUT2D eigenvalue weighted by atomic mass is 9.88. The average molecular weight is 406 g/mol. The second-order valence-corrected chi connectivity index (χ2v) is 10.5. The van der Waals surface area contributed by atoms with E-state index in [-0.39, 0.29) is 18.2 Å². The number of carbonyl (C=O) groups is 1. The molecule has 0 aromatic carbocycles. The van der Waals surface area contributed by atoms with Gasteiger partial charge in [0, 0.05) is 24.7 Å². The van der Waals surface area contributed by atoms with Gasteiger partial charge in [-0.05, 0) is 73.4 Å². The van der Waals surface area contributed by atoms with Crippen molar-refractivity contribution in [3.8, 4) is 0 Å². The topological polar surface area (TPSA) is 86.1 Å². The minimum atomic E-state index is -1.18. The fraction of sp³-hybridized carbons (Fsp3) is 0.727. The van der Waals surface area contributed by atoms with E-state index in [2.05, 4.69) is 11.8 Å². The molecule has 2 aliphatic heterocycles. The summed E-state index contributed by atoms with van der Waals surface area (Å²) in [4.78, 5) is 21.5. The monoisotopic (exact) mass is 405 g/mol. The van der Waals surface area contributed by atoms with Gasteiger partial charge < -0.3 is 24.7 Å². The van der Waals surface area contributed by atoms with E-state index in [1.807, 2.05) is 26.8 Å². The van der Waals surface area contributed by atoms with E-state index in [0.717, 1.165) is 17.8 Å². The van der Waals surface area contributed by atoms with Crippen molar-refractivity contribution in [1.82, 2.24) is 9.88 Å². The highest BCUT2D eigenvalue weighted by atomic mass is 16.6. The Bertz CT molecular complexity index is 802. The van der Waals surface area contributed by atoms with Gasteiger partial charge >= 0.3 is 6.09 Å². The zero-order chi connectivity index (χ0) is 21.9. The predicted octanol–water partition coefficient (Wildman–Crippen LogP) is 2.91. The van der Waals surface area contributed by atoms with Crippen LogP contribution in [0.15, 0.2) is 6.07 Å². The van der Waals surface area contributed by atoms with Crippen LogP contribution in [0.25, 0.3) is 0 Å². The minimum Gasteiger partial charge on any atom is -0.444 e. The van der Waals surface area contributed by atoms with Crippen LogP contribution in [-0.4, -0.2) is 57.0 Å². The highest BCUT2D eigenvalue weighted by Crippen LogP contribution is 2.40. The van der Waals surface area contributed by atoms with Gasteiger partial charge in [0.15, 0.2) is 0 Å². The number of amides is 1. The van der Waals surface area contributed by atoms with Crippen LogP contribution in [0.4, 0.5) is 10.6 Å². The first-order valence-electron chi connectivity index (χ1n) is 10.3. The van der Waals surface area contributed by atoms with Crippen LogP contribution >= 0.6 is 0 Å². The largest absolute Gasteiger partial charge is 0.444 e. The van der Waals surface area contributed by atoms with Gasteiger partial charge in [-0.3, -0.25) is 0 Å². The van der Waals surface area contributed by atoms with Gasteiger partial charge in [0.05, 0.1) is 17.3 Å². The molecule has 3 heterocycles. The average Bonchev–Trinajstić information content (AvgIpc) is 2.88.